The molecule has 13 heterocycles. The van der Waals surface area contributed by atoms with Crippen molar-refractivity contribution < 1.29 is 8.78 Å². The van der Waals surface area contributed by atoms with Gasteiger partial charge in [-0.2, -0.15) is 10.5 Å². The third-order valence-corrected chi connectivity index (χ3v) is 21.6. The molecule has 12 aromatic rings. The average Bonchev–Trinajstić information content (AvgIpc) is 1.62. The van der Waals surface area contributed by atoms with Gasteiger partial charge in [-0.25, -0.2) is 28.7 Å². The molecule has 520 valence electrons. The van der Waals surface area contributed by atoms with Crippen LogP contribution in [-0.2, 0) is 19.6 Å². The van der Waals surface area contributed by atoms with E-state index in [0.29, 0.717) is 54.6 Å². The second-order valence-electron chi connectivity index (χ2n) is 29.5. The van der Waals surface area contributed by atoms with E-state index in [0.717, 1.165) is 154 Å². The molecule has 20 heteroatoms. The Bertz CT molecular complexity index is 5180. The third kappa shape index (κ3) is 12.9. The molecular formula is C83H84F2N18. The highest BCUT2D eigenvalue weighted by molar-refractivity contribution is 5.76. The number of anilines is 3. The summed E-state index contributed by atoms with van der Waals surface area (Å²) in [5.41, 5.74) is 20.2. The fourth-order valence-corrected chi connectivity index (χ4v) is 16.4. The van der Waals surface area contributed by atoms with E-state index in [1.165, 1.54) is 29.1 Å². The third-order valence-electron chi connectivity index (χ3n) is 21.6. The number of alkyl halides is 1. The van der Waals surface area contributed by atoms with E-state index in [-0.39, 0.29) is 11.7 Å². The Morgan fingerprint density at radius 3 is 1.37 bits per heavy atom. The molecule has 6 aliphatic rings. The number of hydrogen-bond donors (Lipinski definition) is 0. The molecular weight excluding hydrogens is 1290 g/mol. The molecule has 0 radical (unpaired) electrons. The molecule has 0 saturated carbocycles. The molecule has 3 saturated heterocycles. The van der Waals surface area contributed by atoms with Crippen molar-refractivity contribution in [2.45, 2.75) is 45.7 Å². The van der Waals surface area contributed by atoms with Gasteiger partial charge in [0.1, 0.15) is 17.8 Å². The maximum absolute atomic E-state index is 14.7. The molecule has 7 aromatic heterocycles. The first-order chi connectivity index (χ1) is 50.0. The highest BCUT2D eigenvalue weighted by Crippen LogP contribution is 2.41. The van der Waals surface area contributed by atoms with E-state index in [4.69, 9.17) is 20.5 Å². The minimum atomic E-state index is -0.823. The number of hydrogen-bond acceptors (Lipinski definition) is 12. The number of fused-ring (bicyclic) bond motifs is 15. The van der Waals surface area contributed by atoms with Gasteiger partial charge in [0.2, 0.25) is 0 Å². The molecule has 6 atom stereocenters. The number of likely N-dealkylation sites (N-methyl/N-ethyl adjacent to an activating group) is 1. The van der Waals surface area contributed by atoms with Crippen LogP contribution in [0.5, 0.6) is 0 Å². The Hall–Kier alpha value is -11.2. The molecule has 0 aliphatic carbocycles. The van der Waals surface area contributed by atoms with Crippen LogP contribution in [0.25, 0.3) is 85.0 Å². The van der Waals surface area contributed by atoms with Crippen LogP contribution < -0.4 is 14.7 Å². The number of aromatic nitrogens is 10. The zero-order chi connectivity index (χ0) is 70.9. The molecule has 0 spiro atoms. The van der Waals surface area contributed by atoms with E-state index >= 15 is 0 Å². The van der Waals surface area contributed by atoms with Crippen molar-refractivity contribution in [2.75, 3.05) is 109 Å². The summed E-state index contributed by atoms with van der Waals surface area (Å²) in [5, 5.41) is 18.3. The van der Waals surface area contributed by atoms with Gasteiger partial charge in [-0.15, -0.1) is 0 Å². The lowest BCUT2D eigenvalue weighted by atomic mass is 9.98. The SMILES string of the molecule is CN(C)C[C@H]1CN(c2ccc3c(c2)Cn2cc(-c4ccc(F)cc4)cc2-c2nccn2-3)C[C@H]1F.C[C@@H]1CN(c2ccc3c(c2)Cn2cc(-c4ccc(C#N)cc4)cc2-c2nccn2-3)C[C@@H]1CN(C)C.C[C@H]1CN(c2ccc3c(n2)Cn2cc(-c4ccc(C#N)cc4)cc2-c2nccn2-3)C[C@H]1N(C)C. The maximum atomic E-state index is 14.7. The molecule has 6 aliphatic heterocycles. The van der Waals surface area contributed by atoms with Crippen LogP contribution in [0.2, 0.25) is 0 Å². The van der Waals surface area contributed by atoms with Crippen molar-refractivity contribution in [1.29, 1.82) is 10.5 Å². The molecule has 18 rings (SSSR count). The lowest BCUT2D eigenvalue weighted by molar-refractivity contribution is 0.231. The molecule has 0 amide bonds. The van der Waals surface area contributed by atoms with Gasteiger partial charge < -0.3 is 43.1 Å². The predicted octanol–water partition coefficient (Wildman–Crippen LogP) is 13.7. The largest absolute Gasteiger partial charge is 0.371 e. The molecule has 0 bridgehead atoms. The number of benzene rings is 5. The quantitative estimate of drug-likeness (QED) is 0.121. The van der Waals surface area contributed by atoms with Gasteiger partial charge in [-0.05, 0) is 191 Å². The standard InChI is InChI=1S/C29H30N6.C27H27F2N5.C27H27N7/c1-20-15-33(19-25(20)16-32(2)3)26-8-9-27-24(12-26)18-34-17-23(22-6-4-21(14-30)5-7-22)13-28(34)29-31-10-11-35(27)29;1-31(2)13-21-16-32(17-24(21)29)23-7-8-25-20(11-23)15-33-14-19(18-3-5-22(28)6-4-18)12-26(33)27-30-9-10-34(25)27;1-18-14-33(17-25(18)31(2)3)26-9-8-23-22(30-26)16-32-15-21(20-6-4-19(13-28)5-7-20)12-24(32)27-29-10-11-34(23)27/h4-13,17,20,25H,15-16,18-19H2,1-3H3;3-12,14,21,24H,13,15-17H2,1-2H3;4-12,15,18,25H,14,16-17H2,1-3H3/t20-,25+;21-,24+;18-,25+/m100/s1. The number of nitriles is 2. The first kappa shape index (κ1) is 66.4. The first-order valence-electron chi connectivity index (χ1n) is 35.6. The van der Waals surface area contributed by atoms with Gasteiger partial charge in [0.25, 0.3) is 0 Å². The molecule has 103 heavy (non-hydrogen) atoms. The van der Waals surface area contributed by atoms with Crippen molar-refractivity contribution in [3.8, 4) is 97.1 Å². The monoisotopic (exact) mass is 1370 g/mol. The van der Waals surface area contributed by atoms with E-state index < -0.39 is 6.17 Å². The topological polar surface area (TPSA) is 148 Å². The Morgan fingerprint density at radius 1 is 0.456 bits per heavy atom. The van der Waals surface area contributed by atoms with E-state index in [1.54, 1.807) is 12.1 Å². The van der Waals surface area contributed by atoms with Crippen LogP contribution in [0.1, 0.15) is 41.8 Å². The summed E-state index contributed by atoms with van der Waals surface area (Å²) in [6.45, 7) is 14.1. The van der Waals surface area contributed by atoms with Crippen LogP contribution in [-0.4, -0.2) is 169 Å². The second kappa shape index (κ2) is 27.3. The minimum absolute atomic E-state index is 0.0170. The maximum Gasteiger partial charge on any atom is 0.161 e. The number of pyridine rings is 1. The van der Waals surface area contributed by atoms with Crippen LogP contribution in [0, 0.1) is 52.2 Å². The Kier molecular flexibility index (Phi) is 17.6. The predicted molar refractivity (Wildman–Crippen MR) is 403 cm³/mol. The van der Waals surface area contributed by atoms with Gasteiger partial charge in [-0.1, -0.05) is 50.2 Å². The fraction of sp³-hybridized carbons (Fsp3) is 0.301. The Labute approximate surface area is 600 Å². The zero-order valence-electron chi connectivity index (χ0n) is 59.5. The number of imidazole rings is 3. The summed E-state index contributed by atoms with van der Waals surface area (Å²) in [5.74, 6) is 5.53. The lowest BCUT2D eigenvalue weighted by Gasteiger charge is -2.23. The highest BCUT2D eigenvalue weighted by Gasteiger charge is 2.36. The number of nitrogens with zero attached hydrogens (tertiary/aromatic N) is 18. The molecule has 5 aromatic carbocycles. The summed E-state index contributed by atoms with van der Waals surface area (Å²) in [7, 11) is 12.6. The van der Waals surface area contributed by atoms with Crippen molar-refractivity contribution in [3.63, 3.8) is 0 Å². The molecule has 0 N–H and O–H groups in total. The number of rotatable bonds is 11. The van der Waals surface area contributed by atoms with Crippen molar-refractivity contribution in [2.24, 2.45) is 23.7 Å². The van der Waals surface area contributed by atoms with Crippen LogP contribution in [0.4, 0.5) is 26.0 Å². The summed E-state index contributed by atoms with van der Waals surface area (Å²) in [6.07, 6.45) is 17.2. The van der Waals surface area contributed by atoms with Gasteiger partial charge in [0.15, 0.2) is 17.5 Å². The van der Waals surface area contributed by atoms with Crippen molar-refractivity contribution in [1.82, 2.24) is 62.0 Å². The summed E-state index contributed by atoms with van der Waals surface area (Å²) in [4.78, 5) is 33.0. The smallest absolute Gasteiger partial charge is 0.161 e. The number of halogens is 2. The second-order valence-corrected chi connectivity index (χ2v) is 29.5. The fourth-order valence-electron chi connectivity index (χ4n) is 16.4. The first-order valence-corrected chi connectivity index (χ1v) is 35.6. The van der Waals surface area contributed by atoms with Crippen molar-refractivity contribution >= 4 is 17.2 Å². The minimum Gasteiger partial charge on any atom is -0.371 e. The van der Waals surface area contributed by atoms with Gasteiger partial charge in [0.05, 0.1) is 69.6 Å². The van der Waals surface area contributed by atoms with Gasteiger partial charge in [-0.3, -0.25) is 13.7 Å². The summed E-state index contributed by atoms with van der Waals surface area (Å²) < 4.78 is 41.4. The summed E-state index contributed by atoms with van der Waals surface area (Å²) >= 11 is 0. The van der Waals surface area contributed by atoms with Gasteiger partial charge >= 0.3 is 0 Å². The Balaban J connectivity index is 0.000000119. The Morgan fingerprint density at radius 2 is 0.893 bits per heavy atom. The zero-order valence-corrected chi connectivity index (χ0v) is 59.5. The van der Waals surface area contributed by atoms with Crippen LogP contribution >= 0.6 is 0 Å². The van der Waals surface area contributed by atoms with Gasteiger partial charge in [0, 0.05) is 161 Å². The highest BCUT2D eigenvalue weighted by atomic mass is 19.1. The van der Waals surface area contributed by atoms with E-state index in [9.17, 15) is 8.78 Å². The molecule has 18 nitrogen and oxygen atoms in total. The molecule has 3 fully saturated rings. The molecule has 0 unspecified atom stereocenters. The van der Waals surface area contributed by atoms with E-state index in [1.807, 2.05) is 93.6 Å². The average molecular weight is 1370 g/mol. The van der Waals surface area contributed by atoms with Crippen LogP contribution in [0.3, 0.4) is 0 Å². The normalized spacial score (nSPS) is 18.9. The van der Waals surface area contributed by atoms with Crippen molar-refractivity contribution in [3.05, 3.63) is 229 Å². The van der Waals surface area contributed by atoms with E-state index in [2.05, 4.69) is 212 Å². The van der Waals surface area contributed by atoms with Crippen LogP contribution in [0.15, 0.2) is 195 Å². The lowest BCUT2D eigenvalue weighted by Crippen LogP contribution is -2.34. The summed E-state index contributed by atoms with van der Waals surface area (Å²) in [6, 6.07) is 51.2.